The Morgan fingerprint density at radius 3 is 2.42 bits per heavy atom. The van der Waals surface area contributed by atoms with E-state index in [1.165, 1.54) is 36.4 Å². The number of hydrogen-bond acceptors (Lipinski definition) is 4. The Balaban J connectivity index is 1.80. The molecule has 0 saturated heterocycles. The molecule has 2 aromatic carbocycles. The number of hydrogen-bond donors (Lipinski definition) is 2. The van der Waals surface area contributed by atoms with Gasteiger partial charge in [-0.1, -0.05) is 12.1 Å². The molecule has 0 heterocycles. The topological polar surface area (TPSA) is 101 Å². The van der Waals surface area contributed by atoms with Crippen LogP contribution in [-0.2, 0) is 11.2 Å². The highest BCUT2D eigenvalue weighted by molar-refractivity contribution is 5.95. The maximum absolute atomic E-state index is 13.0. The van der Waals surface area contributed by atoms with Crippen LogP contribution in [0.3, 0.4) is 0 Å². The van der Waals surface area contributed by atoms with Gasteiger partial charge in [-0.25, -0.2) is 4.39 Å². The molecule has 0 atom stereocenters. The first-order valence-corrected chi connectivity index (χ1v) is 7.04. The van der Waals surface area contributed by atoms with Gasteiger partial charge in [0.2, 0.25) is 5.91 Å². The number of nitrogens with zero attached hydrogens (tertiary/aromatic N) is 1. The highest BCUT2D eigenvalue weighted by Gasteiger charge is 2.10. The summed E-state index contributed by atoms with van der Waals surface area (Å²) in [6.07, 6.45) is 0.404. The SMILES string of the molecule is O=C(CCc1cccc(F)c1)NNC(=O)c1ccc([N+](=O)[O-])cc1. The third-order valence-electron chi connectivity index (χ3n) is 3.19. The molecule has 2 aromatic rings. The lowest BCUT2D eigenvalue weighted by molar-refractivity contribution is -0.384. The van der Waals surface area contributed by atoms with Gasteiger partial charge in [0, 0.05) is 24.1 Å². The van der Waals surface area contributed by atoms with Gasteiger partial charge in [0.15, 0.2) is 0 Å². The second-order valence-electron chi connectivity index (χ2n) is 4.94. The number of nitro benzene ring substituents is 1. The van der Waals surface area contributed by atoms with Crippen LogP contribution in [0.1, 0.15) is 22.3 Å². The Labute approximate surface area is 136 Å². The van der Waals surface area contributed by atoms with Crippen LogP contribution < -0.4 is 10.9 Å². The van der Waals surface area contributed by atoms with Crippen molar-refractivity contribution in [1.82, 2.24) is 10.9 Å². The van der Waals surface area contributed by atoms with E-state index in [9.17, 15) is 24.1 Å². The van der Waals surface area contributed by atoms with Crippen molar-refractivity contribution in [3.05, 3.63) is 75.6 Å². The maximum Gasteiger partial charge on any atom is 0.269 e. The molecule has 0 aliphatic carbocycles. The smallest absolute Gasteiger partial charge is 0.269 e. The molecule has 8 heteroatoms. The predicted molar refractivity (Wildman–Crippen MR) is 83.4 cm³/mol. The van der Waals surface area contributed by atoms with Crippen molar-refractivity contribution in [2.45, 2.75) is 12.8 Å². The molecular formula is C16H14FN3O4. The second kappa shape index (κ2) is 7.82. The Morgan fingerprint density at radius 1 is 1.08 bits per heavy atom. The highest BCUT2D eigenvalue weighted by atomic mass is 19.1. The number of non-ortho nitro benzene ring substituents is 1. The molecule has 0 saturated carbocycles. The molecular weight excluding hydrogens is 317 g/mol. The van der Waals surface area contributed by atoms with Crippen LogP contribution >= 0.6 is 0 Å². The summed E-state index contributed by atoms with van der Waals surface area (Å²) < 4.78 is 13.0. The Kier molecular flexibility index (Phi) is 5.56. The van der Waals surface area contributed by atoms with E-state index >= 15 is 0 Å². The summed E-state index contributed by atoms with van der Waals surface area (Å²) >= 11 is 0. The third kappa shape index (κ3) is 4.87. The van der Waals surface area contributed by atoms with Crippen LogP contribution in [0.15, 0.2) is 48.5 Å². The molecule has 0 aliphatic rings. The van der Waals surface area contributed by atoms with Gasteiger partial charge in [-0.2, -0.15) is 0 Å². The third-order valence-corrected chi connectivity index (χ3v) is 3.19. The molecule has 0 aliphatic heterocycles. The van der Waals surface area contributed by atoms with Crippen molar-refractivity contribution in [2.75, 3.05) is 0 Å². The van der Waals surface area contributed by atoms with E-state index in [1.54, 1.807) is 12.1 Å². The molecule has 0 bridgehead atoms. The van der Waals surface area contributed by atoms with E-state index in [2.05, 4.69) is 10.9 Å². The number of amides is 2. The minimum Gasteiger partial charge on any atom is -0.273 e. The van der Waals surface area contributed by atoms with Gasteiger partial charge >= 0.3 is 0 Å². The summed E-state index contributed by atoms with van der Waals surface area (Å²) in [4.78, 5) is 33.4. The summed E-state index contributed by atoms with van der Waals surface area (Å²) in [7, 11) is 0. The van der Waals surface area contributed by atoms with Crippen molar-refractivity contribution in [1.29, 1.82) is 0 Å². The van der Waals surface area contributed by atoms with Gasteiger partial charge in [-0.15, -0.1) is 0 Å². The van der Waals surface area contributed by atoms with E-state index in [-0.39, 0.29) is 23.5 Å². The van der Waals surface area contributed by atoms with Crippen LogP contribution in [0.4, 0.5) is 10.1 Å². The van der Waals surface area contributed by atoms with E-state index in [0.717, 1.165) is 0 Å². The lowest BCUT2D eigenvalue weighted by Gasteiger charge is -2.07. The van der Waals surface area contributed by atoms with Crippen LogP contribution in [0.2, 0.25) is 0 Å². The van der Waals surface area contributed by atoms with E-state index < -0.39 is 16.7 Å². The molecule has 7 nitrogen and oxygen atoms in total. The van der Waals surface area contributed by atoms with Crippen LogP contribution in [0.5, 0.6) is 0 Å². The molecule has 0 fully saturated rings. The van der Waals surface area contributed by atoms with Crippen LogP contribution in [-0.4, -0.2) is 16.7 Å². The fraction of sp³-hybridized carbons (Fsp3) is 0.125. The molecule has 0 aromatic heterocycles. The number of aryl methyl sites for hydroxylation is 1. The van der Waals surface area contributed by atoms with Crippen molar-refractivity contribution in [3.63, 3.8) is 0 Å². The number of rotatable bonds is 5. The molecule has 0 radical (unpaired) electrons. The van der Waals surface area contributed by atoms with Gasteiger partial charge < -0.3 is 0 Å². The first kappa shape index (κ1) is 17.1. The summed E-state index contributed by atoms with van der Waals surface area (Å²) in [5.74, 6) is -1.40. The summed E-state index contributed by atoms with van der Waals surface area (Å²) in [6, 6.07) is 10.9. The van der Waals surface area contributed by atoms with Crippen LogP contribution in [0, 0.1) is 15.9 Å². The Bertz CT molecular complexity index is 762. The quantitative estimate of drug-likeness (QED) is 0.647. The number of halogens is 1. The van der Waals surface area contributed by atoms with Crippen molar-refractivity contribution in [3.8, 4) is 0 Å². The Morgan fingerprint density at radius 2 is 1.79 bits per heavy atom. The zero-order valence-electron chi connectivity index (χ0n) is 12.5. The number of nitrogens with one attached hydrogen (secondary N) is 2. The molecule has 2 rings (SSSR count). The molecule has 0 unspecified atom stereocenters. The average Bonchev–Trinajstić information content (AvgIpc) is 2.58. The fourth-order valence-corrected chi connectivity index (χ4v) is 1.95. The van der Waals surface area contributed by atoms with Crippen LogP contribution in [0.25, 0.3) is 0 Å². The summed E-state index contributed by atoms with van der Waals surface area (Å²) in [5.41, 5.74) is 5.16. The Hall–Kier alpha value is -3.29. The lowest BCUT2D eigenvalue weighted by atomic mass is 10.1. The maximum atomic E-state index is 13.0. The van der Waals surface area contributed by atoms with Crippen molar-refractivity contribution in [2.24, 2.45) is 0 Å². The monoisotopic (exact) mass is 331 g/mol. The molecule has 2 N–H and O–H groups in total. The van der Waals surface area contributed by atoms with Crippen molar-refractivity contribution < 1.29 is 18.9 Å². The summed E-state index contributed by atoms with van der Waals surface area (Å²) in [5, 5.41) is 10.5. The van der Waals surface area contributed by atoms with E-state index in [0.29, 0.717) is 12.0 Å². The largest absolute Gasteiger partial charge is 0.273 e. The number of nitro groups is 1. The molecule has 2 amide bonds. The number of hydrazine groups is 1. The highest BCUT2D eigenvalue weighted by Crippen LogP contribution is 2.11. The molecule has 0 spiro atoms. The average molecular weight is 331 g/mol. The number of carbonyl (C=O) groups excluding carboxylic acids is 2. The molecule has 24 heavy (non-hydrogen) atoms. The first-order valence-electron chi connectivity index (χ1n) is 7.04. The van der Waals surface area contributed by atoms with E-state index in [1.807, 2.05) is 0 Å². The lowest BCUT2D eigenvalue weighted by Crippen LogP contribution is -2.41. The minimum absolute atomic E-state index is 0.0734. The van der Waals surface area contributed by atoms with Gasteiger partial charge in [-0.05, 0) is 36.2 Å². The number of benzene rings is 2. The van der Waals surface area contributed by atoms with Gasteiger partial charge in [-0.3, -0.25) is 30.6 Å². The standard InChI is InChI=1S/C16H14FN3O4/c17-13-3-1-2-11(10-13)4-9-15(21)18-19-16(22)12-5-7-14(8-6-12)20(23)24/h1-3,5-8,10H,4,9H2,(H,18,21)(H,19,22). The van der Waals surface area contributed by atoms with Gasteiger partial charge in [0.05, 0.1) is 4.92 Å². The van der Waals surface area contributed by atoms with Crippen molar-refractivity contribution >= 4 is 17.5 Å². The zero-order valence-corrected chi connectivity index (χ0v) is 12.5. The predicted octanol–water partition coefficient (Wildman–Crippen LogP) is 2.13. The summed E-state index contributed by atoms with van der Waals surface area (Å²) in [6.45, 7) is 0. The fourth-order valence-electron chi connectivity index (χ4n) is 1.95. The van der Waals surface area contributed by atoms with Gasteiger partial charge in [0.1, 0.15) is 5.82 Å². The minimum atomic E-state index is -0.594. The van der Waals surface area contributed by atoms with Gasteiger partial charge in [0.25, 0.3) is 11.6 Å². The first-order chi connectivity index (χ1) is 11.5. The normalized spacial score (nSPS) is 10.0. The second-order valence-corrected chi connectivity index (χ2v) is 4.94. The number of carbonyl (C=O) groups is 2. The molecule has 124 valence electrons. The van der Waals surface area contributed by atoms with E-state index in [4.69, 9.17) is 0 Å². The zero-order chi connectivity index (χ0) is 17.5.